The highest BCUT2D eigenvalue weighted by molar-refractivity contribution is 6.85. The monoisotopic (exact) mass is 287 g/mol. The molecule has 4 nitrogen and oxygen atoms in total. The van der Waals surface area contributed by atoms with Gasteiger partial charge in [-0.2, -0.15) is 0 Å². The smallest absolute Gasteiger partial charge is 0.317 e. The number of H-pyrrole nitrogens is 1. The van der Waals surface area contributed by atoms with E-state index in [1.54, 1.807) is 0 Å². The maximum absolute atomic E-state index is 11.9. The number of aromatic nitrogens is 2. The molecule has 0 spiro atoms. The topological polar surface area (TPSA) is 49.8 Å². The van der Waals surface area contributed by atoms with Gasteiger partial charge in [0.25, 0.3) is 0 Å². The fourth-order valence-corrected chi connectivity index (χ4v) is 2.50. The molecule has 0 atom stereocenters. The van der Waals surface area contributed by atoms with E-state index in [0.29, 0.717) is 6.04 Å². The van der Waals surface area contributed by atoms with Crippen molar-refractivity contribution in [1.82, 2.24) is 14.9 Å². The van der Waals surface area contributed by atoms with E-state index in [1.165, 1.54) is 0 Å². The molecule has 6 heteroatoms. The number of benzene rings is 1. The van der Waals surface area contributed by atoms with Crippen LogP contribution in [0.25, 0.3) is 11.0 Å². The van der Waals surface area contributed by atoms with Crippen LogP contribution in [-0.4, -0.2) is 22.6 Å². The number of fused-ring (bicyclic) bond motifs is 1. The predicted octanol–water partition coefficient (Wildman–Crippen LogP) is 2.63. The molecule has 0 saturated carbocycles. The molecule has 0 unspecified atom stereocenters. The summed E-state index contributed by atoms with van der Waals surface area (Å²) in [5.41, 5.74) is 1.98. The first-order valence-electron chi connectivity index (χ1n) is 5.90. The number of aromatic amines is 1. The lowest BCUT2D eigenvalue weighted by Gasteiger charge is -2.23. The molecule has 2 heterocycles. The Balaban J connectivity index is 0.000000574. The second-order valence-electron chi connectivity index (χ2n) is 4.30. The van der Waals surface area contributed by atoms with Crippen molar-refractivity contribution in [3.63, 3.8) is 0 Å². The third kappa shape index (κ3) is 2.55. The van der Waals surface area contributed by atoms with Crippen LogP contribution in [0.15, 0.2) is 29.1 Å². The maximum atomic E-state index is 11.9. The number of imidazole rings is 1. The van der Waals surface area contributed by atoms with Gasteiger partial charge in [-0.3, -0.25) is 4.57 Å². The lowest BCUT2D eigenvalue weighted by Crippen LogP contribution is -2.33. The minimum absolute atomic E-state index is 0.0214. The summed E-state index contributed by atoms with van der Waals surface area (Å²) in [6.45, 7) is 1.99. The fraction of sp³-hybridized carbons (Fsp3) is 0.417. The number of piperidine rings is 1. The highest BCUT2D eigenvalue weighted by atomic mass is 36.5. The van der Waals surface area contributed by atoms with Crippen molar-refractivity contribution in [3.8, 4) is 0 Å². The fourth-order valence-electron chi connectivity index (χ4n) is 2.50. The van der Waals surface area contributed by atoms with Gasteiger partial charge in [-0.05, 0) is 38.1 Å². The molecule has 0 aliphatic carbocycles. The van der Waals surface area contributed by atoms with Crippen molar-refractivity contribution in [1.29, 1.82) is 0 Å². The summed E-state index contributed by atoms with van der Waals surface area (Å²) in [5, 5.41) is 3.32. The van der Waals surface area contributed by atoms with Gasteiger partial charge in [-0.15, -0.1) is 0 Å². The zero-order chi connectivity index (χ0) is 13.0. The molecular formula is C12H15Cl2N3O. The van der Waals surface area contributed by atoms with E-state index >= 15 is 0 Å². The van der Waals surface area contributed by atoms with E-state index < -0.39 is 0 Å². The van der Waals surface area contributed by atoms with E-state index in [4.69, 9.17) is 0 Å². The summed E-state index contributed by atoms with van der Waals surface area (Å²) in [7, 11) is 8.22. The van der Waals surface area contributed by atoms with E-state index in [2.05, 4.69) is 32.0 Å². The summed E-state index contributed by atoms with van der Waals surface area (Å²) < 4.78 is 1.91. The zero-order valence-electron chi connectivity index (χ0n) is 9.83. The first-order valence-corrected chi connectivity index (χ1v) is 7.05. The number of hydrogen-bond acceptors (Lipinski definition) is 2. The number of rotatable bonds is 1. The molecule has 1 saturated heterocycles. The van der Waals surface area contributed by atoms with E-state index in [9.17, 15) is 4.79 Å². The number of nitrogens with zero attached hydrogens (tertiary/aromatic N) is 1. The molecule has 1 aliphatic rings. The van der Waals surface area contributed by atoms with Crippen LogP contribution in [0.2, 0.25) is 0 Å². The van der Waals surface area contributed by atoms with Gasteiger partial charge in [-0.1, -0.05) is 12.1 Å². The predicted molar refractivity (Wildman–Crippen MR) is 75.4 cm³/mol. The van der Waals surface area contributed by atoms with E-state index in [1.807, 2.05) is 28.8 Å². The largest absolute Gasteiger partial charge is 0.326 e. The van der Waals surface area contributed by atoms with Crippen LogP contribution in [0, 0.1) is 0 Å². The molecule has 0 amide bonds. The Morgan fingerprint density at radius 3 is 2.56 bits per heavy atom. The van der Waals surface area contributed by atoms with E-state index in [0.717, 1.165) is 37.0 Å². The molecular weight excluding hydrogens is 273 g/mol. The van der Waals surface area contributed by atoms with Crippen molar-refractivity contribution < 1.29 is 0 Å². The highest BCUT2D eigenvalue weighted by Gasteiger charge is 2.18. The van der Waals surface area contributed by atoms with Gasteiger partial charge >= 0.3 is 5.69 Å². The van der Waals surface area contributed by atoms with Crippen molar-refractivity contribution in [2.24, 2.45) is 0 Å². The standard InChI is InChI=1S/C12H15N3O.Cl2/c16-12-14-10-3-1-2-4-11(10)15(12)9-5-7-13-8-6-9;1-2/h1-4,9,13H,5-8H2,(H,14,16);. The molecule has 0 radical (unpaired) electrons. The van der Waals surface area contributed by atoms with Crippen LogP contribution in [0.4, 0.5) is 0 Å². The minimum atomic E-state index is 0.0214. The summed E-state index contributed by atoms with van der Waals surface area (Å²) in [6, 6.07) is 8.23. The third-order valence-electron chi connectivity index (χ3n) is 3.30. The van der Waals surface area contributed by atoms with Gasteiger partial charge in [0.1, 0.15) is 0 Å². The second kappa shape index (κ2) is 6.27. The van der Waals surface area contributed by atoms with Gasteiger partial charge in [0.05, 0.1) is 11.0 Å². The maximum Gasteiger partial charge on any atom is 0.326 e. The lowest BCUT2D eigenvalue weighted by molar-refractivity contribution is 0.368. The molecule has 98 valence electrons. The Hall–Kier alpha value is -0.970. The summed E-state index contributed by atoms with van der Waals surface area (Å²) >= 11 is 0. The molecule has 18 heavy (non-hydrogen) atoms. The van der Waals surface area contributed by atoms with Crippen molar-refractivity contribution >= 4 is 32.7 Å². The van der Waals surface area contributed by atoms with Gasteiger partial charge in [0.15, 0.2) is 0 Å². The Bertz CT molecular complexity index is 558. The Morgan fingerprint density at radius 2 is 1.83 bits per heavy atom. The molecule has 1 aliphatic heterocycles. The van der Waals surface area contributed by atoms with Crippen LogP contribution >= 0.6 is 21.7 Å². The number of halogens is 2. The Morgan fingerprint density at radius 1 is 1.17 bits per heavy atom. The van der Waals surface area contributed by atoms with Crippen LogP contribution in [0.1, 0.15) is 18.9 Å². The summed E-state index contributed by atoms with van der Waals surface area (Å²) in [5.74, 6) is 0. The number of nitrogens with one attached hydrogen (secondary N) is 2. The summed E-state index contributed by atoms with van der Waals surface area (Å²) in [4.78, 5) is 14.8. The first-order chi connectivity index (χ1) is 8.86. The van der Waals surface area contributed by atoms with Crippen LogP contribution in [-0.2, 0) is 0 Å². The van der Waals surface area contributed by atoms with Gasteiger partial charge in [0.2, 0.25) is 0 Å². The SMILES string of the molecule is ClCl.O=c1[nH]c2ccccc2n1C1CCNCC1. The zero-order valence-corrected chi connectivity index (χ0v) is 11.3. The first kappa shape index (κ1) is 13.5. The van der Waals surface area contributed by atoms with Gasteiger partial charge < -0.3 is 10.3 Å². The van der Waals surface area contributed by atoms with Gasteiger partial charge in [-0.25, -0.2) is 4.79 Å². The normalized spacial score (nSPS) is 16.3. The molecule has 2 aromatic rings. The van der Waals surface area contributed by atoms with Crippen LogP contribution < -0.4 is 11.0 Å². The number of hydrogen-bond donors (Lipinski definition) is 2. The molecule has 3 rings (SSSR count). The molecule has 1 fully saturated rings. The van der Waals surface area contributed by atoms with Crippen LogP contribution in [0.3, 0.4) is 0 Å². The molecule has 1 aromatic heterocycles. The van der Waals surface area contributed by atoms with Crippen molar-refractivity contribution in [3.05, 3.63) is 34.7 Å². The molecule has 1 aromatic carbocycles. The summed E-state index contributed by atoms with van der Waals surface area (Å²) in [6.07, 6.45) is 2.06. The van der Waals surface area contributed by atoms with Crippen molar-refractivity contribution in [2.75, 3.05) is 13.1 Å². The Kier molecular flexibility index (Phi) is 4.69. The lowest BCUT2D eigenvalue weighted by atomic mass is 10.1. The quantitative estimate of drug-likeness (QED) is 0.847. The number of para-hydroxylation sites is 2. The van der Waals surface area contributed by atoms with Crippen molar-refractivity contribution in [2.45, 2.75) is 18.9 Å². The molecule has 2 N–H and O–H groups in total. The Labute approximate surface area is 114 Å². The van der Waals surface area contributed by atoms with Gasteiger partial charge in [0, 0.05) is 27.8 Å². The minimum Gasteiger partial charge on any atom is -0.317 e. The average molecular weight is 288 g/mol. The van der Waals surface area contributed by atoms with Crippen LogP contribution in [0.5, 0.6) is 0 Å². The molecule has 0 bridgehead atoms. The van der Waals surface area contributed by atoms with E-state index in [-0.39, 0.29) is 5.69 Å². The average Bonchev–Trinajstić information content (AvgIpc) is 2.78. The third-order valence-corrected chi connectivity index (χ3v) is 3.30. The second-order valence-corrected chi connectivity index (χ2v) is 4.30. The highest BCUT2D eigenvalue weighted by Crippen LogP contribution is 2.21.